The summed E-state index contributed by atoms with van der Waals surface area (Å²) < 4.78 is 1.54. The topological polar surface area (TPSA) is 98.8 Å². The summed E-state index contributed by atoms with van der Waals surface area (Å²) in [5.41, 5.74) is 0.624. The molecule has 1 fully saturated rings. The maximum Gasteiger partial charge on any atom is 0.271 e. The Kier molecular flexibility index (Phi) is 4.38. The van der Waals surface area contributed by atoms with Crippen molar-refractivity contribution in [2.45, 2.75) is 44.7 Å². The van der Waals surface area contributed by atoms with Crippen LogP contribution in [0.25, 0.3) is 5.69 Å². The molecular weight excluding hydrogens is 284 g/mol. The summed E-state index contributed by atoms with van der Waals surface area (Å²) in [4.78, 5) is 10.4. The quantitative estimate of drug-likeness (QED) is 0.670. The first-order valence-electron chi connectivity index (χ1n) is 7.49. The zero-order valence-electron chi connectivity index (χ0n) is 12.2. The molecule has 0 saturated heterocycles. The minimum atomic E-state index is -0.423. The third-order valence-corrected chi connectivity index (χ3v) is 3.97. The fourth-order valence-corrected chi connectivity index (χ4v) is 2.80. The highest BCUT2D eigenvalue weighted by Gasteiger charge is 2.16. The fraction of sp³-hybridized carbons (Fsp3) is 0.500. The molecule has 1 aromatic heterocycles. The summed E-state index contributed by atoms with van der Waals surface area (Å²) in [6.45, 7) is 0.556. The molecule has 0 spiro atoms. The van der Waals surface area contributed by atoms with Crippen LogP contribution in [0.3, 0.4) is 0 Å². The van der Waals surface area contributed by atoms with Crippen molar-refractivity contribution in [3.63, 3.8) is 0 Å². The van der Waals surface area contributed by atoms with Crippen molar-refractivity contribution < 1.29 is 4.92 Å². The van der Waals surface area contributed by atoms with E-state index in [1.54, 1.807) is 16.8 Å². The number of nitrogens with zero attached hydrogens (tertiary/aromatic N) is 5. The second kappa shape index (κ2) is 6.61. The SMILES string of the molecule is O=[N+]([O-])c1cccc(-n2nnnc2CNC2CCCCC2)c1. The molecule has 0 atom stereocenters. The van der Waals surface area contributed by atoms with Gasteiger partial charge in [0.25, 0.3) is 5.69 Å². The van der Waals surface area contributed by atoms with Crippen molar-refractivity contribution in [2.75, 3.05) is 0 Å². The van der Waals surface area contributed by atoms with E-state index in [0.29, 0.717) is 24.1 Å². The molecule has 8 heteroatoms. The van der Waals surface area contributed by atoms with Crippen LogP contribution in [0.5, 0.6) is 0 Å². The monoisotopic (exact) mass is 302 g/mol. The number of hydrogen-bond donors (Lipinski definition) is 1. The Hall–Kier alpha value is -2.35. The second-order valence-corrected chi connectivity index (χ2v) is 5.50. The Morgan fingerprint density at radius 1 is 1.32 bits per heavy atom. The first-order chi connectivity index (χ1) is 10.7. The smallest absolute Gasteiger partial charge is 0.271 e. The average molecular weight is 302 g/mol. The van der Waals surface area contributed by atoms with Gasteiger partial charge in [-0.2, -0.15) is 4.68 Å². The summed E-state index contributed by atoms with van der Waals surface area (Å²) >= 11 is 0. The van der Waals surface area contributed by atoms with E-state index in [-0.39, 0.29) is 5.69 Å². The van der Waals surface area contributed by atoms with E-state index in [0.717, 1.165) is 0 Å². The Morgan fingerprint density at radius 2 is 2.14 bits per heavy atom. The van der Waals surface area contributed by atoms with Gasteiger partial charge in [0.05, 0.1) is 17.2 Å². The third-order valence-electron chi connectivity index (χ3n) is 3.97. The van der Waals surface area contributed by atoms with Crippen molar-refractivity contribution in [2.24, 2.45) is 0 Å². The van der Waals surface area contributed by atoms with Crippen molar-refractivity contribution in [3.05, 3.63) is 40.2 Å². The maximum atomic E-state index is 10.9. The molecule has 1 aliphatic carbocycles. The summed E-state index contributed by atoms with van der Waals surface area (Å²) in [7, 11) is 0. The number of nitro groups is 1. The first kappa shape index (κ1) is 14.6. The van der Waals surface area contributed by atoms with E-state index in [9.17, 15) is 10.1 Å². The molecule has 8 nitrogen and oxygen atoms in total. The van der Waals surface area contributed by atoms with E-state index in [1.807, 2.05) is 0 Å². The van der Waals surface area contributed by atoms with Gasteiger partial charge in [-0.3, -0.25) is 10.1 Å². The van der Waals surface area contributed by atoms with Crippen LogP contribution in [0.2, 0.25) is 0 Å². The number of tetrazole rings is 1. The molecule has 1 aliphatic rings. The minimum Gasteiger partial charge on any atom is -0.307 e. The number of hydrogen-bond acceptors (Lipinski definition) is 6. The highest BCUT2D eigenvalue weighted by molar-refractivity contribution is 5.42. The van der Waals surface area contributed by atoms with Gasteiger partial charge in [0.2, 0.25) is 0 Å². The number of rotatable bonds is 5. The molecule has 0 unspecified atom stereocenters. The van der Waals surface area contributed by atoms with E-state index in [2.05, 4.69) is 20.8 Å². The van der Waals surface area contributed by atoms with Crippen molar-refractivity contribution in [1.82, 2.24) is 25.5 Å². The molecule has 1 aromatic carbocycles. The Morgan fingerprint density at radius 3 is 2.91 bits per heavy atom. The average Bonchev–Trinajstić information content (AvgIpc) is 3.02. The lowest BCUT2D eigenvalue weighted by atomic mass is 9.95. The standard InChI is InChI=1S/C14H18N6O2/c21-20(22)13-8-4-7-12(9-13)19-14(16-17-18-19)10-15-11-5-2-1-3-6-11/h4,7-9,11,15H,1-3,5-6,10H2. The zero-order chi connectivity index (χ0) is 15.4. The highest BCUT2D eigenvalue weighted by Crippen LogP contribution is 2.19. The maximum absolute atomic E-state index is 10.9. The summed E-state index contributed by atoms with van der Waals surface area (Å²) in [5, 5.41) is 26.0. The molecule has 0 bridgehead atoms. The van der Waals surface area contributed by atoms with Gasteiger partial charge in [-0.25, -0.2) is 0 Å². The fourth-order valence-electron chi connectivity index (χ4n) is 2.80. The number of nitro benzene ring substituents is 1. The highest BCUT2D eigenvalue weighted by atomic mass is 16.6. The Labute approximate surface area is 127 Å². The van der Waals surface area contributed by atoms with Crippen LogP contribution in [0, 0.1) is 10.1 Å². The summed E-state index contributed by atoms with van der Waals surface area (Å²) in [6, 6.07) is 6.82. The van der Waals surface area contributed by atoms with Gasteiger partial charge in [-0.15, -0.1) is 5.10 Å². The van der Waals surface area contributed by atoms with E-state index in [4.69, 9.17) is 0 Å². The molecule has 2 aromatic rings. The lowest BCUT2D eigenvalue weighted by Crippen LogP contribution is -2.31. The van der Waals surface area contributed by atoms with Gasteiger partial charge >= 0.3 is 0 Å². The minimum absolute atomic E-state index is 0.0270. The number of non-ortho nitro benzene ring substituents is 1. The molecule has 0 aliphatic heterocycles. The summed E-state index contributed by atoms with van der Waals surface area (Å²) in [6.07, 6.45) is 6.18. The molecule has 1 saturated carbocycles. The Bertz CT molecular complexity index is 650. The van der Waals surface area contributed by atoms with E-state index in [1.165, 1.54) is 44.2 Å². The van der Waals surface area contributed by atoms with Crippen LogP contribution in [0.15, 0.2) is 24.3 Å². The van der Waals surface area contributed by atoms with Crippen LogP contribution in [-0.2, 0) is 6.54 Å². The largest absolute Gasteiger partial charge is 0.307 e. The van der Waals surface area contributed by atoms with Gasteiger partial charge in [-0.05, 0) is 29.3 Å². The number of nitrogens with one attached hydrogen (secondary N) is 1. The van der Waals surface area contributed by atoms with Crippen LogP contribution < -0.4 is 5.32 Å². The van der Waals surface area contributed by atoms with Gasteiger partial charge in [-0.1, -0.05) is 25.3 Å². The first-order valence-corrected chi connectivity index (χ1v) is 7.49. The molecule has 116 valence electrons. The lowest BCUT2D eigenvalue weighted by molar-refractivity contribution is -0.384. The normalized spacial score (nSPS) is 15.8. The predicted octanol–water partition coefficient (Wildman–Crippen LogP) is 1.99. The van der Waals surface area contributed by atoms with E-state index >= 15 is 0 Å². The molecule has 22 heavy (non-hydrogen) atoms. The zero-order valence-corrected chi connectivity index (χ0v) is 12.2. The van der Waals surface area contributed by atoms with Crippen molar-refractivity contribution >= 4 is 5.69 Å². The van der Waals surface area contributed by atoms with Crippen LogP contribution >= 0.6 is 0 Å². The van der Waals surface area contributed by atoms with Gasteiger partial charge in [0, 0.05) is 18.2 Å². The predicted molar refractivity (Wildman–Crippen MR) is 79.5 cm³/mol. The van der Waals surface area contributed by atoms with Crippen molar-refractivity contribution in [1.29, 1.82) is 0 Å². The molecule has 0 radical (unpaired) electrons. The summed E-state index contributed by atoms with van der Waals surface area (Å²) in [5.74, 6) is 0.658. The van der Waals surface area contributed by atoms with Crippen LogP contribution in [0.1, 0.15) is 37.9 Å². The van der Waals surface area contributed by atoms with Crippen LogP contribution in [0.4, 0.5) is 5.69 Å². The van der Waals surface area contributed by atoms with Gasteiger partial charge in [0.15, 0.2) is 5.82 Å². The molecule has 1 N–H and O–H groups in total. The number of benzene rings is 1. The van der Waals surface area contributed by atoms with Gasteiger partial charge < -0.3 is 5.32 Å². The molecular formula is C14H18N6O2. The second-order valence-electron chi connectivity index (χ2n) is 5.50. The third kappa shape index (κ3) is 3.28. The molecule has 3 rings (SSSR count). The van der Waals surface area contributed by atoms with E-state index < -0.39 is 4.92 Å². The lowest BCUT2D eigenvalue weighted by Gasteiger charge is -2.22. The Balaban J connectivity index is 1.74. The van der Waals surface area contributed by atoms with Gasteiger partial charge in [0.1, 0.15) is 0 Å². The van der Waals surface area contributed by atoms with Crippen LogP contribution in [-0.4, -0.2) is 31.2 Å². The number of aromatic nitrogens is 4. The molecule has 0 amide bonds. The molecule has 1 heterocycles. The van der Waals surface area contributed by atoms with Crippen molar-refractivity contribution in [3.8, 4) is 5.69 Å².